The fraction of sp³-hybridized carbons (Fsp3) is 0.105. The number of nitrogen functional groups attached to an aromatic ring is 1. The molecule has 3 N–H and O–H groups in total. The molecule has 26 heavy (non-hydrogen) atoms. The summed E-state index contributed by atoms with van der Waals surface area (Å²) >= 11 is 6.04. The zero-order valence-electron chi connectivity index (χ0n) is 14.4. The number of halogens is 1. The monoisotopic (exact) mass is 364 g/mol. The summed E-state index contributed by atoms with van der Waals surface area (Å²) in [6.07, 6.45) is 1.49. The maximum Gasteiger partial charge on any atom is 0.207 e. The van der Waals surface area contributed by atoms with Gasteiger partial charge in [-0.25, -0.2) is 15.0 Å². The third-order valence-electron chi connectivity index (χ3n) is 4.27. The van der Waals surface area contributed by atoms with E-state index in [-0.39, 0.29) is 0 Å². The minimum Gasteiger partial charge on any atom is -0.369 e. The van der Waals surface area contributed by atoms with E-state index in [9.17, 15) is 0 Å². The fourth-order valence-corrected chi connectivity index (χ4v) is 3.03. The molecular formula is C19H17ClN6. The molecule has 0 aliphatic rings. The average molecular weight is 365 g/mol. The first kappa shape index (κ1) is 16.4. The molecule has 0 saturated carbocycles. The van der Waals surface area contributed by atoms with Gasteiger partial charge in [0, 0.05) is 16.8 Å². The predicted molar refractivity (Wildman–Crippen MR) is 105 cm³/mol. The standard InChI is InChI=1S/C19H17ClN6/c1-11-6-15-16(7-12(11)2)26(19(21)25-15)18-9-17(22-10-23-18)24-14-5-3-4-13(20)8-14/h3-10H,1-2H3,(H2,21,25)(H,22,23,24). The molecule has 0 amide bonds. The Hall–Kier alpha value is -3.12. The Labute approximate surface area is 155 Å². The highest BCUT2D eigenvalue weighted by molar-refractivity contribution is 6.30. The Morgan fingerprint density at radius 3 is 2.65 bits per heavy atom. The summed E-state index contributed by atoms with van der Waals surface area (Å²) in [5, 5.41) is 3.88. The number of imidazole rings is 1. The molecule has 0 saturated heterocycles. The minimum absolute atomic E-state index is 0.386. The molecule has 2 aromatic carbocycles. The lowest BCUT2D eigenvalue weighted by Gasteiger charge is -2.10. The van der Waals surface area contributed by atoms with Crippen molar-refractivity contribution in [3.05, 3.63) is 64.9 Å². The van der Waals surface area contributed by atoms with Crippen LogP contribution in [0.3, 0.4) is 0 Å². The second kappa shape index (κ2) is 6.31. The van der Waals surface area contributed by atoms with Crippen LogP contribution in [0.15, 0.2) is 48.8 Å². The van der Waals surface area contributed by atoms with Crippen molar-refractivity contribution in [2.45, 2.75) is 13.8 Å². The van der Waals surface area contributed by atoms with E-state index in [0.717, 1.165) is 16.7 Å². The van der Waals surface area contributed by atoms with Gasteiger partial charge in [-0.1, -0.05) is 17.7 Å². The third kappa shape index (κ3) is 2.95. The molecule has 7 heteroatoms. The summed E-state index contributed by atoms with van der Waals surface area (Å²) in [7, 11) is 0. The number of aryl methyl sites for hydroxylation is 2. The first-order chi connectivity index (χ1) is 12.5. The lowest BCUT2D eigenvalue weighted by molar-refractivity contribution is 1.01. The van der Waals surface area contributed by atoms with Crippen LogP contribution in [0.1, 0.15) is 11.1 Å². The van der Waals surface area contributed by atoms with Crippen molar-refractivity contribution in [1.82, 2.24) is 19.5 Å². The molecule has 0 radical (unpaired) electrons. The quantitative estimate of drug-likeness (QED) is 0.562. The predicted octanol–water partition coefficient (Wildman–Crippen LogP) is 4.41. The summed E-state index contributed by atoms with van der Waals surface area (Å²) in [6.45, 7) is 4.12. The molecule has 4 rings (SSSR count). The summed E-state index contributed by atoms with van der Waals surface area (Å²) in [5.41, 5.74) is 11.1. The molecular weight excluding hydrogens is 348 g/mol. The molecule has 0 atom stereocenters. The van der Waals surface area contributed by atoms with Crippen LogP contribution < -0.4 is 11.1 Å². The van der Waals surface area contributed by atoms with Gasteiger partial charge in [0.05, 0.1) is 11.0 Å². The summed E-state index contributed by atoms with van der Waals surface area (Å²) in [4.78, 5) is 13.1. The SMILES string of the molecule is Cc1cc2nc(N)n(-c3cc(Nc4cccc(Cl)c4)ncn3)c2cc1C. The molecule has 0 aliphatic heterocycles. The zero-order valence-corrected chi connectivity index (χ0v) is 15.1. The number of aromatic nitrogens is 4. The number of hydrogen-bond donors (Lipinski definition) is 2. The Morgan fingerprint density at radius 2 is 1.85 bits per heavy atom. The van der Waals surface area contributed by atoms with Crippen molar-refractivity contribution in [2.75, 3.05) is 11.1 Å². The highest BCUT2D eigenvalue weighted by Gasteiger charge is 2.13. The molecule has 4 aromatic rings. The highest BCUT2D eigenvalue weighted by Crippen LogP contribution is 2.26. The number of hydrogen-bond acceptors (Lipinski definition) is 5. The molecule has 2 aromatic heterocycles. The van der Waals surface area contributed by atoms with Crippen LogP contribution in [0.5, 0.6) is 0 Å². The van der Waals surface area contributed by atoms with E-state index >= 15 is 0 Å². The highest BCUT2D eigenvalue weighted by atomic mass is 35.5. The van der Waals surface area contributed by atoms with Crippen molar-refractivity contribution in [3.63, 3.8) is 0 Å². The minimum atomic E-state index is 0.386. The molecule has 2 heterocycles. The fourth-order valence-electron chi connectivity index (χ4n) is 2.84. The van der Waals surface area contributed by atoms with Crippen LogP contribution in [-0.2, 0) is 0 Å². The van der Waals surface area contributed by atoms with Gasteiger partial charge < -0.3 is 11.1 Å². The van der Waals surface area contributed by atoms with Crippen LogP contribution >= 0.6 is 11.6 Å². The van der Waals surface area contributed by atoms with Crippen molar-refractivity contribution in [2.24, 2.45) is 0 Å². The van der Waals surface area contributed by atoms with E-state index in [4.69, 9.17) is 17.3 Å². The Balaban J connectivity index is 1.78. The second-order valence-electron chi connectivity index (χ2n) is 6.13. The maximum atomic E-state index is 6.16. The Kier molecular flexibility index (Phi) is 3.97. The first-order valence-corrected chi connectivity index (χ1v) is 8.49. The number of benzene rings is 2. The van der Waals surface area contributed by atoms with Gasteiger partial charge in [0.2, 0.25) is 5.95 Å². The van der Waals surface area contributed by atoms with Crippen LogP contribution in [0.25, 0.3) is 16.9 Å². The van der Waals surface area contributed by atoms with Crippen LogP contribution in [0, 0.1) is 13.8 Å². The van der Waals surface area contributed by atoms with Gasteiger partial charge in [0.1, 0.15) is 18.0 Å². The summed E-state index contributed by atoms with van der Waals surface area (Å²) in [5.74, 6) is 1.67. The van der Waals surface area contributed by atoms with E-state index in [2.05, 4.69) is 40.2 Å². The maximum absolute atomic E-state index is 6.16. The van der Waals surface area contributed by atoms with Crippen molar-refractivity contribution >= 4 is 40.1 Å². The first-order valence-electron chi connectivity index (χ1n) is 8.11. The van der Waals surface area contributed by atoms with Crippen molar-refractivity contribution in [3.8, 4) is 5.82 Å². The molecule has 0 fully saturated rings. The smallest absolute Gasteiger partial charge is 0.207 e. The summed E-state index contributed by atoms with van der Waals surface area (Å²) in [6, 6.07) is 13.4. The largest absolute Gasteiger partial charge is 0.369 e. The van der Waals surface area contributed by atoms with Gasteiger partial charge in [0.25, 0.3) is 0 Å². The normalized spacial score (nSPS) is 11.0. The van der Waals surface area contributed by atoms with Gasteiger partial charge in [-0.2, -0.15) is 0 Å². The lowest BCUT2D eigenvalue weighted by Crippen LogP contribution is -2.04. The van der Waals surface area contributed by atoms with Gasteiger partial charge >= 0.3 is 0 Å². The van der Waals surface area contributed by atoms with Gasteiger partial charge in [-0.3, -0.25) is 4.57 Å². The summed E-state index contributed by atoms with van der Waals surface area (Å²) < 4.78 is 1.83. The number of anilines is 3. The molecule has 0 aliphatic carbocycles. The van der Waals surface area contributed by atoms with Gasteiger partial charge in [-0.15, -0.1) is 0 Å². The van der Waals surface area contributed by atoms with E-state index < -0.39 is 0 Å². The second-order valence-corrected chi connectivity index (χ2v) is 6.56. The molecule has 0 bridgehead atoms. The average Bonchev–Trinajstić information content (AvgIpc) is 2.90. The molecule has 0 unspecified atom stereocenters. The van der Waals surface area contributed by atoms with E-state index in [1.165, 1.54) is 17.5 Å². The topological polar surface area (TPSA) is 81.6 Å². The zero-order chi connectivity index (χ0) is 18.3. The number of rotatable bonds is 3. The van der Waals surface area contributed by atoms with Gasteiger partial charge in [0.15, 0.2) is 0 Å². The van der Waals surface area contributed by atoms with Crippen LogP contribution in [0.4, 0.5) is 17.5 Å². The molecule has 130 valence electrons. The number of nitrogens with one attached hydrogen (secondary N) is 1. The Bertz CT molecular complexity index is 1120. The molecule has 0 spiro atoms. The van der Waals surface area contributed by atoms with E-state index in [0.29, 0.717) is 22.6 Å². The van der Waals surface area contributed by atoms with Crippen LogP contribution in [0.2, 0.25) is 5.02 Å². The lowest BCUT2D eigenvalue weighted by atomic mass is 10.1. The van der Waals surface area contributed by atoms with Crippen molar-refractivity contribution < 1.29 is 0 Å². The number of fused-ring (bicyclic) bond motifs is 1. The Morgan fingerprint density at radius 1 is 1.04 bits per heavy atom. The number of nitrogens with zero attached hydrogens (tertiary/aromatic N) is 4. The third-order valence-corrected chi connectivity index (χ3v) is 4.51. The van der Waals surface area contributed by atoms with E-state index in [1.54, 1.807) is 0 Å². The van der Waals surface area contributed by atoms with Crippen molar-refractivity contribution in [1.29, 1.82) is 0 Å². The van der Waals surface area contributed by atoms with Gasteiger partial charge in [-0.05, 0) is 55.3 Å². The van der Waals surface area contributed by atoms with E-state index in [1.807, 2.05) is 41.0 Å². The molecule has 6 nitrogen and oxygen atoms in total. The van der Waals surface area contributed by atoms with Crippen LogP contribution in [-0.4, -0.2) is 19.5 Å². The number of nitrogens with two attached hydrogens (primary N) is 1.